The number of carbonyl (C=O) groups is 1. The maximum Gasteiger partial charge on any atom is 0.266 e. The van der Waals surface area contributed by atoms with Crippen molar-refractivity contribution in [1.29, 1.82) is 5.26 Å². The van der Waals surface area contributed by atoms with E-state index >= 15 is 0 Å². The fourth-order valence-corrected chi connectivity index (χ4v) is 2.26. The molecule has 5 nitrogen and oxygen atoms in total. The van der Waals surface area contributed by atoms with Gasteiger partial charge in [0.2, 0.25) is 0 Å². The molecule has 7 heteroatoms. The van der Waals surface area contributed by atoms with E-state index in [1.54, 1.807) is 24.3 Å². The average Bonchev–Trinajstić information content (AvgIpc) is 2.62. The van der Waals surface area contributed by atoms with Gasteiger partial charge < -0.3 is 14.8 Å². The first-order chi connectivity index (χ1) is 12.1. The number of carbonyl (C=O) groups excluding carboxylic acids is 1. The summed E-state index contributed by atoms with van der Waals surface area (Å²) in [4.78, 5) is 12.2. The average molecular weight is 342 g/mol. The number of fused-ring (bicyclic) bond motifs is 1. The molecule has 0 aromatic heterocycles. The van der Waals surface area contributed by atoms with Crippen LogP contribution in [0.25, 0.3) is 6.08 Å². The second-order valence-electron chi connectivity index (χ2n) is 5.13. The molecule has 1 aliphatic rings. The van der Waals surface area contributed by atoms with E-state index in [0.717, 1.165) is 12.1 Å². The predicted octanol–water partition coefficient (Wildman–Crippen LogP) is 3.28. The maximum absolute atomic E-state index is 13.7. The summed E-state index contributed by atoms with van der Waals surface area (Å²) in [5, 5.41) is 11.7. The maximum atomic E-state index is 13.7. The lowest BCUT2D eigenvalue weighted by Crippen LogP contribution is -2.17. The lowest BCUT2D eigenvalue weighted by molar-refractivity contribution is -0.112. The fraction of sp³-hybridized carbons (Fsp3) is 0.111. The van der Waals surface area contributed by atoms with Crippen molar-refractivity contribution in [1.82, 2.24) is 0 Å². The van der Waals surface area contributed by atoms with Crippen LogP contribution in [0.2, 0.25) is 0 Å². The molecule has 1 amide bonds. The number of hydrogen-bond donors (Lipinski definition) is 1. The number of anilines is 1. The summed E-state index contributed by atoms with van der Waals surface area (Å²) >= 11 is 0. The molecule has 0 spiro atoms. The van der Waals surface area contributed by atoms with Crippen molar-refractivity contribution in [3.05, 3.63) is 59.2 Å². The highest BCUT2D eigenvalue weighted by atomic mass is 19.2. The van der Waals surface area contributed by atoms with Gasteiger partial charge in [-0.2, -0.15) is 5.26 Å². The topological polar surface area (TPSA) is 71.4 Å². The highest BCUT2D eigenvalue weighted by Gasteiger charge is 2.15. The Bertz CT molecular complexity index is 904. The number of rotatable bonds is 3. The van der Waals surface area contributed by atoms with Crippen molar-refractivity contribution in [3.63, 3.8) is 0 Å². The first-order valence-corrected chi connectivity index (χ1v) is 7.35. The minimum atomic E-state index is -1.12. The summed E-state index contributed by atoms with van der Waals surface area (Å²) in [5.41, 5.74) is -0.164. The van der Waals surface area contributed by atoms with Crippen molar-refractivity contribution >= 4 is 17.7 Å². The summed E-state index contributed by atoms with van der Waals surface area (Å²) in [6.07, 6.45) is 0.992. The third-order valence-electron chi connectivity index (χ3n) is 3.45. The molecule has 0 unspecified atom stereocenters. The number of nitrogens with one attached hydrogen (secondary N) is 1. The molecule has 1 heterocycles. The van der Waals surface area contributed by atoms with Gasteiger partial charge in [-0.05, 0) is 24.3 Å². The van der Waals surface area contributed by atoms with Crippen LogP contribution in [0.1, 0.15) is 5.56 Å². The van der Waals surface area contributed by atoms with E-state index in [2.05, 4.69) is 5.32 Å². The van der Waals surface area contributed by atoms with E-state index in [1.807, 2.05) is 0 Å². The number of nitriles is 1. The summed E-state index contributed by atoms with van der Waals surface area (Å²) < 4.78 is 37.7. The van der Waals surface area contributed by atoms with Gasteiger partial charge in [-0.3, -0.25) is 4.79 Å². The first-order valence-electron chi connectivity index (χ1n) is 7.35. The third-order valence-corrected chi connectivity index (χ3v) is 3.45. The Kier molecular flexibility index (Phi) is 4.61. The Morgan fingerprint density at radius 2 is 1.92 bits per heavy atom. The molecule has 0 aliphatic carbocycles. The van der Waals surface area contributed by atoms with Crippen LogP contribution in [0.3, 0.4) is 0 Å². The Morgan fingerprint density at radius 3 is 2.68 bits per heavy atom. The number of nitrogens with zero attached hydrogens (tertiary/aromatic N) is 1. The van der Waals surface area contributed by atoms with Gasteiger partial charge in [0.25, 0.3) is 5.91 Å². The van der Waals surface area contributed by atoms with Crippen LogP contribution in [0, 0.1) is 23.0 Å². The van der Waals surface area contributed by atoms with Gasteiger partial charge in [0.1, 0.15) is 24.9 Å². The molecule has 1 N–H and O–H groups in total. The highest BCUT2D eigenvalue weighted by Crippen LogP contribution is 2.32. The van der Waals surface area contributed by atoms with Crippen LogP contribution in [0.15, 0.2) is 42.0 Å². The molecule has 1 aliphatic heterocycles. The second kappa shape index (κ2) is 7.01. The lowest BCUT2D eigenvalue weighted by Gasteiger charge is -2.18. The summed E-state index contributed by atoms with van der Waals surface area (Å²) in [6, 6.07) is 9.97. The Hall–Kier alpha value is -3.40. The minimum Gasteiger partial charge on any atom is -0.486 e. The molecule has 25 heavy (non-hydrogen) atoms. The second-order valence-corrected chi connectivity index (χ2v) is 5.13. The molecular weight excluding hydrogens is 330 g/mol. The third kappa shape index (κ3) is 3.58. The van der Waals surface area contributed by atoms with Gasteiger partial charge in [-0.15, -0.1) is 0 Å². The van der Waals surface area contributed by atoms with E-state index < -0.39 is 17.5 Å². The Morgan fingerprint density at radius 1 is 1.16 bits per heavy atom. The summed E-state index contributed by atoms with van der Waals surface area (Å²) in [7, 11) is 0. The van der Waals surface area contributed by atoms with Gasteiger partial charge in [0.15, 0.2) is 23.1 Å². The van der Waals surface area contributed by atoms with Crippen LogP contribution < -0.4 is 14.8 Å². The van der Waals surface area contributed by atoms with Gasteiger partial charge in [-0.25, -0.2) is 8.78 Å². The van der Waals surface area contributed by atoms with E-state index in [9.17, 15) is 13.6 Å². The number of benzene rings is 2. The van der Waals surface area contributed by atoms with Crippen LogP contribution in [-0.2, 0) is 4.79 Å². The smallest absolute Gasteiger partial charge is 0.266 e. The molecule has 0 radical (unpaired) electrons. The van der Waals surface area contributed by atoms with Crippen molar-refractivity contribution < 1.29 is 23.0 Å². The number of amides is 1. The first kappa shape index (κ1) is 16.5. The van der Waals surface area contributed by atoms with Gasteiger partial charge in [0, 0.05) is 17.3 Å². The molecule has 126 valence electrons. The molecule has 3 rings (SSSR count). The van der Waals surface area contributed by atoms with Crippen LogP contribution in [0.5, 0.6) is 11.5 Å². The summed E-state index contributed by atoms with van der Waals surface area (Å²) in [6.45, 7) is 0.839. The minimum absolute atomic E-state index is 0.186. The molecule has 0 fully saturated rings. The molecule has 2 aromatic carbocycles. The molecule has 0 saturated carbocycles. The van der Waals surface area contributed by atoms with Gasteiger partial charge >= 0.3 is 0 Å². The van der Waals surface area contributed by atoms with Gasteiger partial charge in [0.05, 0.1) is 0 Å². The normalized spacial score (nSPS) is 13.1. The zero-order valence-corrected chi connectivity index (χ0v) is 12.9. The molecule has 0 atom stereocenters. The number of hydrogen-bond acceptors (Lipinski definition) is 4. The number of ether oxygens (including phenoxy) is 2. The number of halogens is 2. The molecular formula is C18H12F2N2O3. The van der Waals surface area contributed by atoms with E-state index in [1.165, 1.54) is 12.1 Å². The standard InChI is InChI=1S/C18H12F2N2O3/c19-14-3-1-2-11(17(14)20)8-12(10-21)18(23)22-13-4-5-15-16(9-13)25-7-6-24-15/h1-5,8-9H,6-7H2,(H,22,23)/b12-8-. The van der Waals surface area contributed by atoms with Crippen molar-refractivity contribution in [2.24, 2.45) is 0 Å². The SMILES string of the molecule is N#C/C(=C/c1cccc(F)c1F)C(=O)Nc1ccc2c(c1)OCCO2. The molecule has 0 bridgehead atoms. The lowest BCUT2D eigenvalue weighted by atomic mass is 10.1. The van der Waals surface area contributed by atoms with E-state index in [0.29, 0.717) is 30.4 Å². The molecule has 2 aromatic rings. The fourth-order valence-electron chi connectivity index (χ4n) is 2.26. The van der Waals surface area contributed by atoms with Crippen molar-refractivity contribution in [3.8, 4) is 17.6 Å². The highest BCUT2D eigenvalue weighted by molar-refractivity contribution is 6.09. The van der Waals surface area contributed by atoms with Crippen molar-refractivity contribution in [2.45, 2.75) is 0 Å². The van der Waals surface area contributed by atoms with Crippen LogP contribution in [0.4, 0.5) is 14.5 Å². The summed E-state index contributed by atoms with van der Waals surface area (Å²) in [5.74, 6) is -1.90. The van der Waals surface area contributed by atoms with E-state index in [4.69, 9.17) is 14.7 Å². The monoisotopic (exact) mass is 342 g/mol. The zero-order valence-electron chi connectivity index (χ0n) is 12.9. The zero-order chi connectivity index (χ0) is 17.8. The van der Waals surface area contributed by atoms with Crippen LogP contribution >= 0.6 is 0 Å². The Balaban J connectivity index is 1.82. The van der Waals surface area contributed by atoms with Gasteiger partial charge in [-0.1, -0.05) is 12.1 Å². The van der Waals surface area contributed by atoms with E-state index in [-0.39, 0.29) is 11.1 Å². The quantitative estimate of drug-likeness (QED) is 0.686. The Labute approximate surface area is 142 Å². The molecule has 0 saturated heterocycles. The van der Waals surface area contributed by atoms with Crippen LogP contribution in [-0.4, -0.2) is 19.1 Å². The predicted molar refractivity (Wildman–Crippen MR) is 86.0 cm³/mol. The largest absolute Gasteiger partial charge is 0.486 e. The van der Waals surface area contributed by atoms with Crippen molar-refractivity contribution in [2.75, 3.05) is 18.5 Å².